The van der Waals surface area contributed by atoms with E-state index in [4.69, 9.17) is 10.5 Å². The highest BCUT2D eigenvalue weighted by Gasteiger charge is 2.28. The Morgan fingerprint density at radius 2 is 2.24 bits per heavy atom. The lowest BCUT2D eigenvalue weighted by atomic mass is 9.94. The number of ether oxygens (including phenoxy) is 1. The minimum Gasteiger partial charge on any atom is -0.492 e. The number of hydrogen-bond donors (Lipinski definition) is 2. The first kappa shape index (κ1) is 16.0. The average molecular weight is 310 g/mol. The molecule has 1 aromatic carbocycles. The number of hydrogen-bond acceptors (Lipinski definition) is 4. The van der Waals surface area contributed by atoms with E-state index in [-0.39, 0.29) is 23.4 Å². The van der Waals surface area contributed by atoms with Crippen molar-refractivity contribution in [2.45, 2.75) is 37.1 Å². The normalized spacial score (nSPS) is 18.2. The van der Waals surface area contributed by atoms with Crippen LogP contribution in [0.3, 0.4) is 0 Å². The van der Waals surface area contributed by atoms with E-state index >= 15 is 0 Å². The Bertz CT molecular complexity index is 639. The van der Waals surface area contributed by atoms with Crippen molar-refractivity contribution in [3.63, 3.8) is 0 Å². The minimum atomic E-state index is -3.65. The van der Waals surface area contributed by atoms with Crippen LogP contribution in [-0.4, -0.2) is 21.6 Å². The van der Waals surface area contributed by atoms with Crippen molar-refractivity contribution in [1.29, 1.82) is 0 Å². The highest BCUT2D eigenvalue weighted by Crippen LogP contribution is 2.38. The molecule has 6 heteroatoms. The van der Waals surface area contributed by atoms with Crippen LogP contribution in [0.4, 0.5) is 0 Å². The van der Waals surface area contributed by atoms with Gasteiger partial charge in [0.1, 0.15) is 10.6 Å². The molecular weight excluding hydrogens is 288 g/mol. The van der Waals surface area contributed by atoms with Crippen molar-refractivity contribution in [2.75, 3.05) is 13.2 Å². The number of rotatable bonds is 5. The van der Waals surface area contributed by atoms with Crippen LogP contribution >= 0.6 is 0 Å². The maximum atomic E-state index is 12.5. The van der Waals surface area contributed by atoms with Crippen molar-refractivity contribution >= 4 is 10.0 Å². The molecule has 0 saturated carbocycles. The summed E-state index contributed by atoms with van der Waals surface area (Å²) < 4.78 is 33.0. The highest BCUT2D eigenvalue weighted by atomic mass is 32.2. The molecule has 1 aliphatic heterocycles. The number of nitrogens with two attached hydrogens (primary N) is 1. The molecule has 5 nitrogen and oxygen atoms in total. The Morgan fingerprint density at radius 1 is 1.52 bits per heavy atom. The summed E-state index contributed by atoms with van der Waals surface area (Å²) in [5.41, 5.74) is 7.82. The van der Waals surface area contributed by atoms with Gasteiger partial charge < -0.3 is 10.5 Å². The third-order valence-electron chi connectivity index (χ3n) is 3.55. The molecule has 0 saturated heterocycles. The Kier molecular flexibility index (Phi) is 4.70. The van der Waals surface area contributed by atoms with E-state index in [1.807, 2.05) is 19.9 Å². The average Bonchev–Trinajstić information content (AvgIpc) is 2.44. The molecule has 2 rings (SSSR count). The third-order valence-corrected chi connectivity index (χ3v) is 4.98. The maximum Gasteiger partial charge on any atom is 0.244 e. The predicted octanol–water partition coefficient (Wildman–Crippen LogP) is 2.06. The van der Waals surface area contributed by atoms with Crippen LogP contribution in [0.5, 0.6) is 5.75 Å². The molecule has 0 spiro atoms. The summed E-state index contributed by atoms with van der Waals surface area (Å²) in [6, 6.07) is 3.43. The number of nitrogens with one attached hydrogen (secondary N) is 1. The van der Waals surface area contributed by atoms with Gasteiger partial charge in [0.15, 0.2) is 0 Å². The van der Waals surface area contributed by atoms with Crippen molar-refractivity contribution in [2.24, 2.45) is 5.73 Å². The molecule has 1 atom stereocenters. The lowest BCUT2D eigenvalue weighted by molar-refractivity contribution is 0.261. The number of fused-ring (bicyclic) bond motifs is 1. The summed E-state index contributed by atoms with van der Waals surface area (Å²) in [5.74, 6) is 0.590. The zero-order valence-electron chi connectivity index (χ0n) is 12.4. The van der Waals surface area contributed by atoms with Crippen LogP contribution in [0, 0.1) is 0 Å². The van der Waals surface area contributed by atoms with Gasteiger partial charge in [-0.25, -0.2) is 13.1 Å². The molecule has 1 aliphatic rings. The molecule has 21 heavy (non-hydrogen) atoms. The van der Waals surface area contributed by atoms with Gasteiger partial charge in [0, 0.05) is 24.6 Å². The highest BCUT2D eigenvalue weighted by molar-refractivity contribution is 7.89. The van der Waals surface area contributed by atoms with Gasteiger partial charge >= 0.3 is 0 Å². The van der Waals surface area contributed by atoms with Crippen LogP contribution < -0.4 is 15.2 Å². The Morgan fingerprint density at radius 3 is 2.86 bits per heavy atom. The van der Waals surface area contributed by atoms with Crippen molar-refractivity contribution < 1.29 is 13.2 Å². The van der Waals surface area contributed by atoms with Gasteiger partial charge in [-0.1, -0.05) is 26.0 Å². The lowest BCUT2D eigenvalue weighted by Crippen LogP contribution is -2.27. The molecule has 0 aromatic heterocycles. The lowest BCUT2D eigenvalue weighted by Gasteiger charge is -2.26. The van der Waals surface area contributed by atoms with E-state index in [1.54, 1.807) is 6.07 Å². The molecule has 0 radical (unpaired) electrons. The van der Waals surface area contributed by atoms with Gasteiger partial charge in [0.25, 0.3) is 0 Å². The van der Waals surface area contributed by atoms with Gasteiger partial charge in [-0.3, -0.25) is 0 Å². The zero-order valence-corrected chi connectivity index (χ0v) is 13.2. The fraction of sp³-hybridized carbons (Fsp3) is 0.467. The van der Waals surface area contributed by atoms with Crippen molar-refractivity contribution in [1.82, 2.24) is 4.72 Å². The second-order valence-corrected chi connectivity index (χ2v) is 7.21. The molecule has 0 fully saturated rings. The molecule has 3 N–H and O–H groups in total. The van der Waals surface area contributed by atoms with Gasteiger partial charge in [-0.2, -0.15) is 0 Å². The van der Waals surface area contributed by atoms with Crippen LogP contribution in [0.1, 0.15) is 43.4 Å². The maximum absolute atomic E-state index is 12.5. The second-order valence-electron chi connectivity index (χ2n) is 5.48. The predicted molar refractivity (Wildman–Crippen MR) is 83.0 cm³/mol. The molecule has 1 heterocycles. The largest absolute Gasteiger partial charge is 0.492 e. The first-order valence-electron chi connectivity index (χ1n) is 7.03. The van der Waals surface area contributed by atoms with Crippen LogP contribution in [0.25, 0.3) is 0 Å². The Labute approximate surface area is 126 Å². The molecule has 0 aliphatic carbocycles. The summed E-state index contributed by atoms with van der Waals surface area (Å²) in [6.07, 6.45) is 2.19. The quantitative estimate of drug-likeness (QED) is 0.816. The van der Waals surface area contributed by atoms with E-state index in [9.17, 15) is 8.42 Å². The first-order valence-corrected chi connectivity index (χ1v) is 8.52. The summed E-state index contributed by atoms with van der Waals surface area (Å²) >= 11 is 0. The number of sulfonamides is 1. The molecule has 1 aromatic rings. The van der Waals surface area contributed by atoms with Gasteiger partial charge in [0.2, 0.25) is 10.0 Å². The summed E-state index contributed by atoms with van der Waals surface area (Å²) in [7, 11) is -3.65. The van der Waals surface area contributed by atoms with Crippen molar-refractivity contribution in [3.8, 4) is 5.75 Å². The molecule has 0 bridgehead atoms. The Hall–Kier alpha value is -1.37. The minimum absolute atomic E-state index is 0.167. The third kappa shape index (κ3) is 3.28. The smallest absolute Gasteiger partial charge is 0.244 e. The molecule has 116 valence electrons. The van der Waals surface area contributed by atoms with Gasteiger partial charge in [-0.15, -0.1) is 6.58 Å². The van der Waals surface area contributed by atoms with E-state index in [2.05, 4.69) is 11.3 Å². The monoisotopic (exact) mass is 310 g/mol. The summed E-state index contributed by atoms with van der Waals surface area (Å²) in [6.45, 7) is 8.17. The van der Waals surface area contributed by atoms with Crippen molar-refractivity contribution in [3.05, 3.63) is 35.9 Å². The number of benzene rings is 1. The van der Waals surface area contributed by atoms with E-state index in [1.165, 1.54) is 6.08 Å². The van der Waals surface area contributed by atoms with Gasteiger partial charge in [-0.05, 0) is 17.5 Å². The van der Waals surface area contributed by atoms with E-state index in [0.29, 0.717) is 18.8 Å². The Balaban J connectivity index is 2.61. The van der Waals surface area contributed by atoms with Crippen LogP contribution in [0.15, 0.2) is 29.7 Å². The van der Waals surface area contributed by atoms with Crippen LogP contribution in [0.2, 0.25) is 0 Å². The first-order chi connectivity index (χ1) is 9.86. The fourth-order valence-electron chi connectivity index (χ4n) is 2.30. The zero-order chi connectivity index (χ0) is 15.6. The SMILES string of the molecule is C=CCNS(=O)(=O)c1cc(C(C)C)cc2c1OCCC2N. The molecule has 0 amide bonds. The van der Waals surface area contributed by atoms with Crippen LogP contribution in [-0.2, 0) is 10.0 Å². The second kappa shape index (κ2) is 6.17. The van der Waals surface area contributed by atoms with E-state index < -0.39 is 10.0 Å². The molecular formula is C15H22N2O3S. The summed E-state index contributed by atoms with van der Waals surface area (Å²) in [5, 5.41) is 0. The standard InChI is InChI=1S/C15H22N2O3S/c1-4-6-17-21(18,19)14-9-11(10(2)3)8-12-13(16)5-7-20-15(12)14/h4,8-10,13,17H,1,5-7,16H2,2-3H3. The molecule has 1 unspecified atom stereocenters. The fourth-order valence-corrected chi connectivity index (χ4v) is 3.50. The van der Waals surface area contributed by atoms with Gasteiger partial charge in [0.05, 0.1) is 6.61 Å². The summed E-state index contributed by atoms with van der Waals surface area (Å²) in [4.78, 5) is 0.167. The van der Waals surface area contributed by atoms with E-state index in [0.717, 1.165) is 11.1 Å². The topological polar surface area (TPSA) is 81.4 Å².